The minimum absolute atomic E-state index is 0.0252. The highest BCUT2D eigenvalue weighted by Crippen LogP contribution is 2.21. The minimum atomic E-state index is -0.0570. The van der Waals surface area contributed by atoms with E-state index >= 15 is 0 Å². The highest BCUT2D eigenvalue weighted by atomic mass is 16.5. The molecule has 3 rings (SSSR count). The van der Waals surface area contributed by atoms with Crippen molar-refractivity contribution in [3.05, 3.63) is 23.9 Å². The van der Waals surface area contributed by atoms with Crippen LogP contribution in [0.25, 0.3) is 0 Å². The molecule has 2 aliphatic rings. The Labute approximate surface area is 149 Å². The summed E-state index contributed by atoms with van der Waals surface area (Å²) in [5.74, 6) is 1.33. The van der Waals surface area contributed by atoms with Gasteiger partial charge in [-0.3, -0.25) is 4.79 Å². The summed E-state index contributed by atoms with van der Waals surface area (Å²) in [6.07, 6.45) is 8.17. The number of ether oxygens (including phenoxy) is 1. The lowest BCUT2D eigenvalue weighted by atomic mass is 9.93. The number of nitrogens with one attached hydrogen (secondary N) is 1. The first-order chi connectivity index (χ1) is 12.3. The fraction of sp³-hybridized carbons (Fsp3) is 0.684. The van der Waals surface area contributed by atoms with Crippen LogP contribution in [0, 0.1) is 5.92 Å². The SMILES string of the molecule is O=C(c1ccc(OCCCC2CCNCC2)nc1)N1CCC[C@H]1CO. The number of amides is 1. The Morgan fingerprint density at radius 1 is 1.32 bits per heavy atom. The molecule has 0 spiro atoms. The number of nitrogens with zero attached hydrogens (tertiary/aromatic N) is 2. The summed E-state index contributed by atoms with van der Waals surface area (Å²) in [6, 6.07) is 3.48. The average Bonchev–Trinajstić information content (AvgIpc) is 3.15. The van der Waals surface area contributed by atoms with Crippen molar-refractivity contribution >= 4 is 5.91 Å². The fourth-order valence-electron chi connectivity index (χ4n) is 3.77. The molecule has 1 aromatic heterocycles. The summed E-state index contributed by atoms with van der Waals surface area (Å²) in [4.78, 5) is 18.5. The van der Waals surface area contributed by atoms with Crippen molar-refractivity contribution in [3.63, 3.8) is 0 Å². The van der Waals surface area contributed by atoms with Crippen LogP contribution >= 0.6 is 0 Å². The van der Waals surface area contributed by atoms with Gasteiger partial charge in [-0.05, 0) is 63.6 Å². The number of aromatic nitrogens is 1. The molecule has 2 fully saturated rings. The molecule has 2 saturated heterocycles. The molecule has 6 nitrogen and oxygen atoms in total. The van der Waals surface area contributed by atoms with E-state index in [0.717, 1.165) is 38.3 Å². The van der Waals surface area contributed by atoms with Gasteiger partial charge in [-0.25, -0.2) is 4.98 Å². The maximum atomic E-state index is 12.5. The first kappa shape index (κ1) is 18.1. The summed E-state index contributed by atoms with van der Waals surface area (Å²) < 4.78 is 5.71. The van der Waals surface area contributed by atoms with E-state index < -0.39 is 0 Å². The van der Waals surface area contributed by atoms with Gasteiger partial charge >= 0.3 is 0 Å². The quantitative estimate of drug-likeness (QED) is 0.736. The van der Waals surface area contributed by atoms with Crippen LogP contribution in [0.2, 0.25) is 0 Å². The van der Waals surface area contributed by atoms with Crippen molar-refractivity contribution in [1.82, 2.24) is 15.2 Å². The molecule has 6 heteroatoms. The number of rotatable bonds is 7. The van der Waals surface area contributed by atoms with Crippen LogP contribution in [0.4, 0.5) is 0 Å². The van der Waals surface area contributed by atoms with Crippen LogP contribution in [0.15, 0.2) is 18.3 Å². The van der Waals surface area contributed by atoms with Crippen molar-refractivity contribution < 1.29 is 14.6 Å². The van der Waals surface area contributed by atoms with Crippen LogP contribution in [0.3, 0.4) is 0 Å². The normalized spacial score (nSPS) is 21.5. The van der Waals surface area contributed by atoms with Crippen LogP contribution < -0.4 is 10.1 Å². The van der Waals surface area contributed by atoms with Gasteiger partial charge in [-0.2, -0.15) is 0 Å². The Morgan fingerprint density at radius 3 is 2.88 bits per heavy atom. The average molecular weight is 347 g/mol. The Bertz CT molecular complexity index is 543. The summed E-state index contributed by atoms with van der Waals surface area (Å²) in [5.41, 5.74) is 0.558. The number of aliphatic hydroxyl groups is 1. The molecule has 1 atom stereocenters. The molecule has 138 valence electrons. The molecule has 0 bridgehead atoms. The second kappa shape index (κ2) is 9.15. The Morgan fingerprint density at radius 2 is 2.16 bits per heavy atom. The fourth-order valence-corrected chi connectivity index (χ4v) is 3.77. The Balaban J connectivity index is 1.43. The zero-order valence-corrected chi connectivity index (χ0v) is 14.8. The van der Waals surface area contributed by atoms with Gasteiger partial charge in [0.1, 0.15) is 0 Å². The van der Waals surface area contributed by atoms with Crippen LogP contribution in [-0.2, 0) is 0 Å². The van der Waals surface area contributed by atoms with Crippen LogP contribution in [0.5, 0.6) is 5.88 Å². The highest BCUT2D eigenvalue weighted by Gasteiger charge is 2.28. The highest BCUT2D eigenvalue weighted by molar-refractivity contribution is 5.94. The molecule has 0 radical (unpaired) electrons. The predicted octanol–water partition coefficient (Wildman–Crippen LogP) is 1.84. The van der Waals surface area contributed by atoms with Gasteiger partial charge in [0.2, 0.25) is 5.88 Å². The first-order valence-electron chi connectivity index (χ1n) is 9.49. The van der Waals surface area contributed by atoms with E-state index in [1.54, 1.807) is 23.2 Å². The third-order valence-electron chi connectivity index (χ3n) is 5.30. The summed E-state index contributed by atoms with van der Waals surface area (Å²) in [7, 11) is 0. The molecule has 2 N–H and O–H groups in total. The lowest BCUT2D eigenvalue weighted by Gasteiger charge is -2.23. The summed E-state index contributed by atoms with van der Waals surface area (Å²) in [6.45, 7) is 3.67. The number of carbonyl (C=O) groups excluding carboxylic acids is 1. The van der Waals surface area contributed by atoms with Gasteiger partial charge in [-0.15, -0.1) is 0 Å². The maximum absolute atomic E-state index is 12.5. The first-order valence-corrected chi connectivity index (χ1v) is 9.49. The van der Waals surface area contributed by atoms with E-state index in [1.165, 1.54) is 19.3 Å². The number of pyridine rings is 1. The second-order valence-electron chi connectivity index (χ2n) is 7.05. The van der Waals surface area contributed by atoms with Crippen molar-refractivity contribution in [3.8, 4) is 5.88 Å². The van der Waals surface area contributed by atoms with E-state index in [2.05, 4.69) is 10.3 Å². The topological polar surface area (TPSA) is 74.7 Å². The Kier molecular flexibility index (Phi) is 6.64. The van der Waals surface area contributed by atoms with Crippen molar-refractivity contribution in [2.75, 3.05) is 32.8 Å². The summed E-state index contributed by atoms with van der Waals surface area (Å²) in [5, 5.41) is 12.7. The number of likely N-dealkylation sites (tertiary alicyclic amines) is 1. The van der Waals surface area contributed by atoms with Gasteiger partial charge in [0.05, 0.1) is 24.8 Å². The van der Waals surface area contributed by atoms with Gasteiger partial charge in [0, 0.05) is 18.8 Å². The number of aliphatic hydroxyl groups excluding tert-OH is 1. The third-order valence-corrected chi connectivity index (χ3v) is 5.30. The standard InChI is InChI=1S/C19H29N3O3/c23-14-17-4-1-11-22(17)19(24)16-5-6-18(21-13-16)25-12-2-3-15-7-9-20-10-8-15/h5-6,13,15,17,20,23H,1-4,7-12,14H2/t17-/m0/s1. The van der Waals surface area contributed by atoms with E-state index in [9.17, 15) is 9.90 Å². The van der Waals surface area contributed by atoms with E-state index in [0.29, 0.717) is 24.6 Å². The van der Waals surface area contributed by atoms with Crippen molar-refractivity contribution in [2.24, 2.45) is 5.92 Å². The molecule has 0 aliphatic carbocycles. The number of hydrogen-bond donors (Lipinski definition) is 2. The molecule has 1 aromatic rings. The smallest absolute Gasteiger partial charge is 0.255 e. The zero-order chi connectivity index (χ0) is 17.5. The van der Waals surface area contributed by atoms with E-state index in [1.807, 2.05) is 0 Å². The third kappa shape index (κ3) is 4.92. The molecule has 0 unspecified atom stereocenters. The molecular formula is C19H29N3O3. The number of carbonyl (C=O) groups is 1. The van der Waals surface area contributed by atoms with Crippen molar-refractivity contribution in [2.45, 2.75) is 44.6 Å². The van der Waals surface area contributed by atoms with Gasteiger partial charge in [0.15, 0.2) is 0 Å². The molecule has 3 heterocycles. The Hall–Kier alpha value is -1.66. The molecule has 2 aliphatic heterocycles. The van der Waals surface area contributed by atoms with Crippen molar-refractivity contribution in [1.29, 1.82) is 0 Å². The predicted molar refractivity (Wildman–Crippen MR) is 95.7 cm³/mol. The number of hydrogen-bond acceptors (Lipinski definition) is 5. The molecule has 0 aromatic carbocycles. The van der Waals surface area contributed by atoms with Gasteiger partial charge < -0.3 is 20.1 Å². The van der Waals surface area contributed by atoms with E-state index in [4.69, 9.17) is 4.74 Å². The summed E-state index contributed by atoms with van der Waals surface area (Å²) >= 11 is 0. The lowest BCUT2D eigenvalue weighted by molar-refractivity contribution is 0.0677. The van der Waals surface area contributed by atoms with E-state index in [-0.39, 0.29) is 18.6 Å². The molecular weight excluding hydrogens is 318 g/mol. The maximum Gasteiger partial charge on any atom is 0.255 e. The molecule has 0 saturated carbocycles. The molecule has 25 heavy (non-hydrogen) atoms. The monoisotopic (exact) mass is 347 g/mol. The second-order valence-corrected chi connectivity index (χ2v) is 7.05. The number of piperidine rings is 1. The minimum Gasteiger partial charge on any atom is -0.478 e. The molecule has 1 amide bonds. The van der Waals surface area contributed by atoms with Crippen LogP contribution in [0.1, 0.15) is 48.9 Å². The van der Waals surface area contributed by atoms with Crippen LogP contribution in [-0.4, -0.2) is 59.8 Å². The lowest BCUT2D eigenvalue weighted by Crippen LogP contribution is -2.37. The van der Waals surface area contributed by atoms with Gasteiger partial charge in [0.25, 0.3) is 5.91 Å². The largest absolute Gasteiger partial charge is 0.478 e. The zero-order valence-electron chi connectivity index (χ0n) is 14.8. The van der Waals surface area contributed by atoms with Gasteiger partial charge in [-0.1, -0.05) is 0 Å².